The van der Waals surface area contributed by atoms with E-state index in [-0.39, 0.29) is 11.5 Å². The molecule has 2 rings (SSSR count). The fourth-order valence-corrected chi connectivity index (χ4v) is 2.69. The van der Waals surface area contributed by atoms with Crippen molar-refractivity contribution in [3.63, 3.8) is 0 Å². The Hall–Kier alpha value is -2.21. The Bertz CT molecular complexity index is 676. The first-order valence-electron chi connectivity index (χ1n) is 8.58. The maximum atomic E-state index is 12.4. The summed E-state index contributed by atoms with van der Waals surface area (Å²) < 4.78 is 16.2. The fourth-order valence-electron chi connectivity index (χ4n) is 2.69. The van der Waals surface area contributed by atoms with Crippen LogP contribution >= 0.6 is 0 Å². The Morgan fingerprint density at radius 3 is 2.18 bits per heavy atom. The van der Waals surface area contributed by atoms with Crippen LogP contribution in [-0.2, 0) is 14.3 Å². The molecule has 28 heavy (non-hydrogen) atoms. The first kappa shape index (κ1) is 22.1. The molecule has 0 fully saturated rings. The van der Waals surface area contributed by atoms with Gasteiger partial charge < -0.3 is 44.8 Å². The number of hydrogen-bond acceptors (Lipinski definition) is 10. The number of carbonyl (C=O) groups excluding carboxylic acids is 1. The Morgan fingerprint density at radius 2 is 1.61 bits per heavy atom. The molecule has 0 spiro atoms. The first-order valence-corrected chi connectivity index (χ1v) is 8.58. The van der Waals surface area contributed by atoms with Crippen molar-refractivity contribution in [1.29, 1.82) is 0 Å². The van der Waals surface area contributed by atoms with Gasteiger partial charge in [0, 0.05) is 6.42 Å². The second kappa shape index (κ2) is 9.82. The second-order valence-electron chi connectivity index (χ2n) is 6.24. The number of cyclic esters (lactones) is 1. The van der Waals surface area contributed by atoms with E-state index in [0.717, 1.165) is 0 Å². The number of rotatable bonds is 11. The van der Waals surface area contributed by atoms with Crippen LogP contribution in [0.25, 0.3) is 0 Å². The number of para-hydroxylation sites is 1. The van der Waals surface area contributed by atoms with Crippen molar-refractivity contribution in [2.45, 2.75) is 30.3 Å². The van der Waals surface area contributed by atoms with E-state index in [2.05, 4.69) is 0 Å². The molecule has 0 amide bonds. The summed E-state index contributed by atoms with van der Waals surface area (Å²) in [5, 5.41) is 57.4. The number of benzene rings is 1. The van der Waals surface area contributed by atoms with E-state index < -0.39 is 68.5 Å². The van der Waals surface area contributed by atoms with Crippen LogP contribution in [0.2, 0.25) is 0 Å². The highest BCUT2D eigenvalue weighted by molar-refractivity contribution is 5.90. The minimum absolute atomic E-state index is 0.243. The summed E-state index contributed by atoms with van der Waals surface area (Å²) in [5.74, 6) is -1.64. The molecule has 10 heteroatoms. The Labute approximate surface area is 160 Å². The zero-order valence-electron chi connectivity index (χ0n) is 15.0. The molecule has 0 aromatic heterocycles. The molecule has 0 aliphatic carbocycles. The van der Waals surface area contributed by atoms with Crippen molar-refractivity contribution in [2.75, 3.05) is 26.4 Å². The third-order valence-electron chi connectivity index (χ3n) is 4.11. The summed E-state index contributed by atoms with van der Waals surface area (Å²) in [4.78, 5) is 12.4. The van der Waals surface area contributed by atoms with E-state index in [4.69, 9.17) is 19.3 Å². The Kier molecular flexibility index (Phi) is 7.75. The van der Waals surface area contributed by atoms with Gasteiger partial charge in [-0.05, 0) is 12.1 Å². The van der Waals surface area contributed by atoms with Crippen LogP contribution in [0.3, 0.4) is 0 Å². The summed E-state index contributed by atoms with van der Waals surface area (Å²) in [6.45, 7) is -2.64. The van der Waals surface area contributed by atoms with Crippen LogP contribution < -0.4 is 4.74 Å². The number of esters is 1. The fraction of sp³-hybridized carbons (Fsp3) is 0.500. The smallest absolute Gasteiger partial charge is 0.378 e. The molecule has 1 aliphatic rings. The molecule has 2 unspecified atom stereocenters. The van der Waals surface area contributed by atoms with Gasteiger partial charge in [-0.1, -0.05) is 18.2 Å². The standard InChI is InChI=1S/C18H24O10/c19-7-11(22)6-18(14(24)9-21)16(27-13-4-2-1-3-5-13)15(17(25)28-18)26-10-12(23)8-20/h1-5,11-12,14,19-24H,6-10H2/t11?,12?,14-,18+/m0/s1. The molecule has 156 valence electrons. The van der Waals surface area contributed by atoms with Gasteiger partial charge in [-0.3, -0.25) is 0 Å². The SMILES string of the molecule is O=C1O[C@](CC(O)CO)([C@@H](O)CO)C(Oc2ccccc2)=C1OCC(O)CO. The van der Waals surface area contributed by atoms with Crippen molar-refractivity contribution in [2.24, 2.45) is 0 Å². The number of carbonyl (C=O) groups is 1. The lowest BCUT2D eigenvalue weighted by Crippen LogP contribution is -2.50. The van der Waals surface area contributed by atoms with E-state index in [1.165, 1.54) is 0 Å². The van der Waals surface area contributed by atoms with Gasteiger partial charge in [0.1, 0.15) is 24.6 Å². The van der Waals surface area contributed by atoms with Crippen LogP contribution in [0.4, 0.5) is 0 Å². The minimum atomic E-state index is -2.04. The molecule has 0 radical (unpaired) electrons. The average Bonchev–Trinajstić information content (AvgIpc) is 2.97. The van der Waals surface area contributed by atoms with Crippen LogP contribution in [-0.4, -0.2) is 86.9 Å². The predicted molar refractivity (Wildman–Crippen MR) is 92.8 cm³/mol. The van der Waals surface area contributed by atoms with Gasteiger partial charge in [0.25, 0.3) is 0 Å². The van der Waals surface area contributed by atoms with Crippen LogP contribution in [0.15, 0.2) is 41.9 Å². The van der Waals surface area contributed by atoms with E-state index >= 15 is 0 Å². The van der Waals surface area contributed by atoms with Crippen LogP contribution in [0, 0.1) is 0 Å². The van der Waals surface area contributed by atoms with Gasteiger partial charge in [0.05, 0.1) is 25.9 Å². The highest BCUT2D eigenvalue weighted by Gasteiger charge is 2.57. The molecule has 0 saturated carbocycles. The van der Waals surface area contributed by atoms with Crippen LogP contribution in [0.1, 0.15) is 6.42 Å². The lowest BCUT2D eigenvalue weighted by Gasteiger charge is -2.34. The normalized spacial score (nSPS) is 22.6. The van der Waals surface area contributed by atoms with Gasteiger partial charge in [-0.25, -0.2) is 4.79 Å². The van der Waals surface area contributed by atoms with Crippen LogP contribution in [0.5, 0.6) is 5.75 Å². The Morgan fingerprint density at radius 1 is 0.964 bits per heavy atom. The predicted octanol–water partition coefficient (Wildman–Crippen LogP) is -1.96. The second-order valence-corrected chi connectivity index (χ2v) is 6.24. The third kappa shape index (κ3) is 4.79. The monoisotopic (exact) mass is 400 g/mol. The molecule has 0 bridgehead atoms. The lowest BCUT2D eigenvalue weighted by atomic mass is 9.88. The summed E-state index contributed by atoms with van der Waals surface area (Å²) >= 11 is 0. The van der Waals surface area contributed by atoms with Crippen molar-refractivity contribution in [1.82, 2.24) is 0 Å². The number of aliphatic hydroxyl groups excluding tert-OH is 6. The summed E-state index contributed by atoms with van der Waals surface area (Å²) in [6.07, 6.45) is -4.90. The number of ether oxygens (including phenoxy) is 3. The molecule has 10 nitrogen and oxygen atoms in total. The van der Waals surface area contributed by atoms with Gasteiger partial charge in [0.15, 0.2) is 0 Å². The summed E-state index contributed by atoms with van der Waals surface area (Å²) in [7, 11) is 0. The quantitative estimate of drug-likeness (QED) is 0.230. The number of hydrogen-bond donors (Lipinski definition) is 6. The highest BCUT2D eigenvalue weighted by atomic mass is 16.6. The molecule has 1 aliphatic heterocycles. The Balaban J connectivity index is 2.50. The van der Waals surface area contributed by atoms with Crippen molar-refractivity contribution in [3.05, 3.63) is 41.9 Å². The largest absolute Gasteiger partial charge is 0.481 e. The molecule has 1 aromatic carbocycles. The molecule has 1 aromatic rings. The topological polar surface area (TPSA) is 166 Å². The van der Waals surface area contributed by atoms with Gasteiger partial charge in [0.2, 0.25) is 17.1 Å². The minimum Gasteiger partial charge on any atom is -0.481 e. The van der Waals surface area contributed by atoms with Gasteiger partial charge >= 0.3 is 5.97 Å². The third-order valence-corrected chi connectivity index (χ3v) is 4.11. The molecular formula is C18H24O10. The molecule has 6 N–H and O–H groups in total. The number of aliphatic hydroxyl groups is 6. The van der Waals surface area contributed by atoms with E-state index in [0.29, 0.717) is 0 Å². The van der Waals surface area contributed by atoms with E-state index in [1.807, 2.05) is 0 Å². The summed E-state index contributed by atoms with van der Waals surface area (Å²) in [6, 6.07) is 8.12. The first-order chi connectivity index (χ1) is 13.4. The zero-order valence-corrected chi connectivity index (χ0v) is 15.0. The molecule has 1 heterocycles. The van der Waals surface area contributed by atoms with Gasteiger partial charge in [-0.2, -0.15) is 0 Å². The maximum absolute atomic E-state index is 12.4. The van der Waals surface area contributed by atoms with E-state index in [1.54, 1.807) is 30.3 Å². The average molecular weight is 400 g/mol. The maximum Gasteiger partial charge on any atom is 0.378 e. The van der Waals surface area contributed by atoms with Crippen molar-refractivity contribution < 1.29 is 49.6 Å². The van der Waals surface area contributed by atoms with Gasteiger partial charge in [-0.15, -0.1) is 0 Å². The van der Waals surface area contributed by atoms with Crippen molar-refractivity contribution >= 4 is 5.97 Å². The molecule has 4 atom stereocenters. The summed E-state index contributed by atoms with van der Waals surface area (Å²) in [5.41, 5.74) is -2.04. The zero-order chi connectivity index (χ0) is 20.7. The van der Waals surface area contributed by atoms with Crippen molar-refractivity contribution in [3.8, 4) is 5.75 Å². The van der Waals surface area contributed by atoms with E-state index in [9.17, 15) is 30.3 Å². The highest BCUT2D eigenvalue weighted by Crippen LogP contribution is 2.41. The molecular weight excluding hydrogens is 376 g/mol. The molecule has 0 saturated heterocycles. The lowest BCUT2D eigenvalue weighted by molar-refractivity contribution is -0.169.